The smallest absolute Gasteiger partial charge is 0.269 e. The van der Waals surface area contributed by atoms with Crippen LogP contribution in [0, 0.1) is 5.82 Å². The van der Waals surface area contributed by atoms with E-state index in [0.29, 0.717) is 10.9 Å². The van der Waals surface area contributed by atoms with Crippen molar-refractivity contribution in [1.29, 1.82) is 0 Å². The summed E-state index contributed by atoms with van der Waals surface area (Å²) in [5, 5.41) is 7.47. The second kappa shape index (κ2) is 10.2. The summed E-state index contributed by atoms with van der Waals surface area (Å²) in [5.41, 5.74) is 6.42. The first-order chi connectivity index (χ1) is 16.3. The normalized spacial score (nSPS) is 13.8. The third-order valence-corrected chi connectivity index (χ3v) is 6.38. The Hall–Kier alpha value is -3.46. The van der Waals surface area contributed by atoms with E-state index in [0.717, 1.165) is 25.7 Å². The van der Waals surface area contributed by atoms with Gasteiger partial charge in [0.1, 0.15) is 12.4 Å². The minimum absolute atomic E-state index is 0.0173. The molecule has 0 bridgehead atoms. The summed E-state index contributed by atoms with van der Waals surface area (Å²) in [6, 6.07) is 11.5. The SMILES string of the molecule is NC(=O)c1nn(CC(=O)N(CC(=O)NCc2cccc(Cl)c2F)C2CCCC2)c2ccccc12. The van der Waals surface area contributed by atoms with Crippen LogP contribution in [-0.4, -0.2) is 45.0 Å². The Morgan fingerprint density at radius 1 is 1.15 bits per heavy atom. The molecule has 2 aromatic carbocycles. The van der Waals surface area contributed by atoms with E-state index in [4.69, 9.17) is 17.3 Å². The van der Waals surface area contributed by atoms with Crippen molar-refractivity contribution < 1.29 is 18.8 Å². The highest BCUT2D eigenvalue weighted by atomic mass is 35.5. The molecule has 1 aromatic heterocycles. The quantitative estimate of drug-likeness (QED) is 0.511. The molecule has 0 atom stereocenters. The summed E-state index contributed by atoms with van der Waals surface area (Å²) >= 11 is 5.80. The van der Waals surface area contributed by atoms with Gasteiger partial charge < -0.3 is 16.0 Å². The molecule has 10 heteroatoms. The van der Waals surface area contributed by atoms with Gasteiger partial charge in [-0.05, 0) is 25.0 Å². The number of nitrogens with zero attached hydrogens (tertiary/aromatic N) is 3. The zero-order valence-electron chi connectivity index (χ0n) is 18.5. The molecule has 1 aliphatic carbocycles. The average molecular weight is 486 g/mol. The lowest BCUT2D eigenvalue weighted by Gasteiger charge is -2.28. The number of halogens is 2. The Balaban J connectivity index is 1.50. The van der Waals surface area contributed by atoms with Gasteiger partial charge in [0, 0.05) is 23.5 Å². The molecular weight excluding hydrogens is 461 g/mol. The molecular formula is C24H25ClFN5O3. The number of hydrogen-bond acceptors (Lipinski definition) is 4. The Morgan fingerprint density at radius 3 is 2.62 bits per heavy atom. The van der Waals surface area contributed by atoms with Gasteiger partial charge in [0.2, 0.25) is 11.8 Å². The summed E-state index contributed by atoms with van der Waals surface area (Å²) in [6.45, 7) is -0.336. The molecule has 0 aliphatic heterocycles. The van der Waals surface area contributed by atoms with Crippen LogP contribution in [-0.2, 0) is 22.7 Å². The van der Waals surface area contributed by atoms with Crippen molar-refractivity contribution in [2.45, 2.75) is 44.8 Å². The van der Waals surface area contributed by atoms with Crippen LogP contribution in [0.5, 0.6) is 0 Å². The molecule has 1 aliphatic rings. The van der Waals surface area contributed by atoms with Crippen LogP contribution in [0.2, 0.25) is 5.02 Å². The molecule has 0 unspecified atom stereocenters. The maximum Gasteiger partial charge on any atom is 0.269 e. The molecule has 1 heterocycles. The number of benzene rings is 2. The molecule has 3 amide bonds. The van der Waals surface area contributed by atoms with Crippen LogP contribution in [0.15, 0.2) is 42.5 Å². The van der Waals surface area contributed by atoms with E-state index in [1.807, 2.05) is 0 Å². The molecule has 34 heavy (non-hydrogen) atoms. The maximum absolute atomic E-state index is 14.1. The molecule has 178 valence electrons. The first-order valence-electron chi connectivity index (χ1n) is 11.1. The minimum Gasteiger partial charge on any atom is -0.364 e. The van der Waals surface area contributed by atoms with E-state index in [2.05, 4.69) is 10.4 Å². The van der Waals surface area contributed by atoms with Crippen molar-refractivity contribution in [2.75, 3.05) is 6.54 Å². The summed E-state index contributed by atoms with van der Waals surface area (Å²) < 4.78 is 15.6. The first-order valence-corrected chi connectivity index (χ1v) is 11.5. The zero-order chi connectivity index (χ0) is 24.2. The molecule has 8 nitrogen and oxygen atoms in total. The number of para-hydroxylation sites is 1. The van der Waals surface area contributed by atoms with E-state index in [1.54, 1.807) is 41.3 Å². The van der Waals surface area contributed by atoms with Crippen LogP contribution in [0.1, 0.15) is 41.7 Å². The van der Waals surface area contributed by atoms with E-state index < -0.39 is 17.6 Å². The number of nitrogens with one attached hydrogen (secondary N) is 1. The van der Waals surface area contributed by atoms with Crippen LogP contribution in [0.4, 0.5) is 4.39 Å². The van der Waals surface area contributed by atoms with E-state index in [-0.39, 0.29) is 47.9 Å². The number of carbonyl (C=O) groups excluding carboxylic acids is 3. The fourth-order valence-electron chi connectivity index (χ4n) is 4.38. The monoisotopic (exact) mass is 485 g/mol. The second-order valence-electron chi connectivity index (χ2n) is 8.34. The number of primary amides is 1. The second-order valence-corrected chi connectivity index (χ2v) is 8.74. The average Bonchev–Trinajstić information content (AvgIpc) is 3.47. The van der Waals surface area contributed by atoms with E-state index >= 15 is 0 Å². The highest BCUT2D eigenvalue weighted by Crippen LogP contribution is 2.25. The highest BCUT2D eigenvalue weighted by molar-refractivity contribution is 6.30. The molecule has 3 N–H and O–H groups in total. The maximum atomic E-state index is 14.1. The van der Waals surface area contributed by atoms with Gasteiger partial charge in [-0.1, -0.05) is 54.8 Å². The standard InChI is InChI=1S/C24H25ClFN5O3/c25-18-10-5-6-15(22(18)26)12-28-20(32)13-30(16-7-1-2-8-16)21(33)14-31-19-11-4-3-9-17(19)23(29-31)24(27)34/h3-6,9-11,16H,1-2,7-8,12-14H2,(H2,27,34)(H,28,32). The number of fused-ring (bicyclic) bond motifs is 1. The van der Waals surface area contributed by atoms with Gasteiger partial charge in [-0.25, -0.2) is 4.39 Å². The van der Waals surface area contributed by atoms with Gasteiger partial charge in [0.25, 0.3) is 5.91 Å². The molecule has 0 spiro atoms. The predicted octanol–water partition coefficient (Wildman–Crippen LogP) is 3.02. The fraction of sp³-hybridized carbons (Fsp3) is 0.333. The van der Waals surface area contributed by atoms with E-state index in [9.17, 15) is 18.8 Å². The summed E-state index contributed by atoms with van der Waals surface area (Å²) in [7, 11) is 0. The van der Waals surface area contributed by atoms with Gasteiger partial charge >= 0.3 is 0 Å². The summed E-state index contributed by atoms with van der Waals surface area (Å²) in [4.78, 5) is 39.4. The van der Waals surface area contributed by atoms with Crippen molar-refractivity contribution in [2.24, 2.45) is 5.73 Å². The van der Waals surface area contributed by atoms with Gasteiger partial charge in [-0.15, -0.1) is 0 Å². The summed E-state index contributed by atoms with van der Waals surface area (Å²) in [6.07, 6.45) is 3.54. The number of amides is 3. The topological polar surface area (TPSA) is 110 Å². The largest absolute Gasteiger partial charge is 0.364 e. The van der Waals surface area contributed by atoms with Crippen molar-refractivity contribution in [1.82, 2.24) is 20.0 Å². The third-order valence-electron chi connectivity index (χ3n) is 6.08. The Kier molecular flexibility index (Phi) is 7.12. The molecule has 0 radical (unpaired) electrons. The van der Waals surface area contributed by atoms with Gasteiger partial charge in [0.15, 0.2) is 5.69 Å². The van der Waals surface area contributed by atoms with Crippen LogP contribution < -0.4 is 11.1 Å². The predicted molar refractivity (Wildman–Crippen MR) is 125 cm³/mol. The van der Waals surface area contributed by atoms with Gasteiger partial charge in [-0.2, -0.15) is 5.10 Å². The minimum atomic E-state index is -0.678. The van der Waals surface area contributed by atoms with E-state index in [1.165, 1.54) is 10.7 Å². The molecule has 0 saturated heterocycles. The third kappa shape index (κ3) is 5.04. The Bertz CT molecular complexity index is 1240. The van der Waals surface area contributed by atoms with Crippen molar-refractivity contribution >= 4 is 40.2 Å². The van der Waals surface area contributed by atoms with Crippen molar-refractivity contribution in [3.05, 3.63) is 64.6 Å². The first kappa shape index (κ1) is 23.7. The molecule has 1 fully saturated rings. The fourth-order valence-corrected chi connectivity index (χ4v) is 4.57. The van der Waals surface area contributed by atoms with Crippen molar-refractivity contribution in [3.8, 4) is 0 Å². The Morgan fingerprint density at radius 2 is 1.88 bits per heavy atom. The number of rotatable bonds is 8. The number of carbonyl (C=O) groups is 3. The lowest BCUT2D eigenvalue weighted by molar-refractivity contribution is -0.139. The Labute approximate surface area is 200 Å². The van der Waals surface area contributed by atoms with Crippen LogP contribution in [0.3, 0.4) is 0 Å². The number of nitrogens with two attached hydrogens (primary N) is 1. The lowest BCUT2D eigenvalue weighted by atomic mass is 10.2. The van der Waals surface area contributed by atoms with Gasteiger partial charge in [-0.3, -0.25) is 19.1 Å². The molecule has 1 saturated carbocycles. The molecule has 4 rings (SSSR count). The number of aromatic nitrogens is 2. The highest BCUT2D eigenvalue weighted by Gasteiger charge is 2.29. The number of hydrogen-bond donors (Lipinski definition) is 2. The van der Waals surface area contributed by atoms with Crippen LogP contribution in [0.25, 0.3) is 10.9 Å². The van der Waals surface area contributed by atoms with Gasteiger partial charge in [0.05, 0.1) is 17.1 Å². The lowest BCUT2D eigenvalue weighted by Crippen LogP contribution is -2.46. The molecule has 3 aromatic rings. The summed E-state index contributed by atoms with van der Waals surface area (Å²) in [5.74, 6) is -1.95. The van der Waals surface area contributed by atoms with Crippen molar-refractivity contribution in [3.63, 3.8) is 0 Å². The van der Waals surface area contributed by atoms with Crippen LogP contribution >= 0.6 is 11.6 Å². The zero-order valence-corrected chi connectivity index (χ0v) is 19.2.